The first-order chi connectivity index (χ1) is 9.15. The molecule has 0 saturated carbocycles. The van der Waals surface area contributed by atoms with E-state index in [1.165, 1.54) is 0 Å². The van der Waals surface area contributed by atoms with Gasteiger partial charge in [-0.25, -0.2) is 0 Å². The summed E-state index contributed by atoms with van der Waals surface area (Å²) in [7, 11) is 2.13. The number of aliphatic hydroxyl groups excluding tert-OH is 1. The molecule has 2 unspecified atom stereocenters. The van der Waals surface area contributed by atoms with Crippen LogP contribution in [0, 0.1) is 11.3 Å². The highest BCUT2D eigenvalue weighted by Gasteiger charge is 2.29. The third kappa shape index (κ3) is 3.06. The van der Waals surface area contributed by atoms with Gasteiger partial charge in [0.15, 0.2) is 0 Å². The van der Waals surface area contributed by atoms with E-state index >= 15 is 0 Å². The second-order valence-electron chi connectivity index (χ2n) is 5.27. The van der Waals surface area contributed by atoms with Gasteiger partial charge in [0.05, 0.1) is 11.6 Å². The fraction of sp³-hybridized carbons (Fsp3) is 0.533. The summed E-state index contributed by atoms with van der Waals surface area (Å²) in [5.41, 5.74) is 1.82. The summed E-state index contributed by atoms with van der Waals surface area (Å²) >= 11 is 0. The van der Waals surface area contributed by atoms with E-state index < -0.39 is 0 Å². The summed E-state index contributed by atoms with van der Waals surface area (Å²) in [5, 5.41) is 18.1. The minimum Gasteiger partial charge on any atom is -0.396 e. The Morgan fingerprint density at radius 3 is 2.58 bits per heavy atom. The number of anilines is 1. The molecule has 1 aromatic rings. The summed E-state index contributed by atoms with van der Waals surface area (Å²) in [4.78, 5) is 4.68. The topological polar surface area (TPSA) is 50.5 Å². The largest absolute Gasteiger partial charge is 0.396 e. The Labute approximate surface area is 114 Å². The van der Waals surface area contributed by atoms with Crippen LogP contribution in [0.3, 0.4) is 0 Å². The molecule has 0 spiro atoms. The maximum absolute atomic E-state index is 9.23. The van der Waals surface area contributed by atoms with Gasteiger partial charge in [0, 0.05) is 37.5 Å². The van der Waals surface area contributed by atoms with Crippen LogP contribution in [0.5, 0.6) is 0 Å². The van der Waals surface area contributed by atoms with Crippen molar-refractivity contribution in [1.29, 1.82) is 5.26 Å². The van der Waals surface area contributed by atoms with Crippen molar-refractivity contribution in [2.45, 2.75) is 25.4 Å². The first kappa shape index (κ1) is 13.9. The van der Waals surface area contributed by atoms with Crippen molar-refractivity contribution in [3.8, 4) is 6.07 Å². The molecule has 0 radical (unpaired) electrons. The number of likely N-dealkylation sites (N-methyl/N-ethyl adjacent to an activating group) is 1. The predicted molar refractivity (Wildman–Crippen MR) is 76.1 cm³/mol. The van der Waals surface area contributed by atoms with Crippen molar-refractivity contribution in [2.75, 3.05) is 31.6 Å². The monoisotopic (exact) mass is 259 g/mol. The third-order valence-electron chi connectivity index (χ3n) is 3.94. The summed E-state index contributed by atoms with van der Waals surface area (Å²) in [6, 6.07) is 10.7. The third-order valence-corrected chi connectivity index (χ3v) is 3.94. The van der Waals surface area contributed by atoms with Crippen molar-refractivity contribution in [3.05, 3.63) is 29.8 Å². The average Bonchev–Trinajstić information content (AvgIpc) is 2.43. The van der Waals surface area contributed by atoms with Gasteiger partial charge >= 0.3 is 0 Å². The number of rotatable bonds is 3. The van der Waals surface area contributed by atoms with E-state index in [9.17, 15) is 5.11 Å². The number of aliphatic hydroxyl groups is 1. The van der Waals surface area contributed by atoms with Crippen LogP contribution in [0.25, 0.3) is 0 Å². The maximum atomic E-state index is 9.23. The zero-order valence-electron chi connectivity index (χ0n) is 11.6. The quantitative estimate of drug-likeness (QED) is 0.892. The van der Waals surface area contributed by atoms with Crippen molar-refractivity contribution in [1.82, 2.24) is 4.90 Å². The molecule has 2 atom stereocenters. The Morgan fingerprint density at radius 1 is 1.32 bits per heavy atom. The highest BCUT2D eigenvalue weighted by atomic mass is 16.3. The molecule has 1 saturated heterocycles. The Hall–Kier alpha value is -1.57. The number of nitriles is 1. The van der Waals surface area contributed by atoms with Gasteiger partial charge in [-0.3, -0.25) is 4.90 Å². The predicted octanol–water partition coefficient (Wildman–Crippen LogP) is 1.45. The van der Waals surface area contributed by atoms with Crippen LogP contribution in [0.1, 0.15) is 18.9 Å². The Balaban J connectivity index is 2.20. The molecule has 0 amide bonds. The SMILES string of the molecule is CC1CN(c2ccc(C#N)cc2)C(CCO)CN1C. The highest BCUT2D eigenvalue weighted by molar-refractivity contribution is 5.51. The molecule has 1 aromatic carbocycles. The molecule has 0 bridgehead atoms. The zero-order chi connectivity index (χ0) is 13.8. The number of benzene rings is 1. The summed E-state index contributed by atoms with van der Waals surface area (Å²) in [6.45, 7) is 4.33. The molecule has 1 N–H and O–H groups in total. The van der Waals surface area contributed by atoms with Crippen LogP contribution in [-0.2, 0) is 0 Å². The van der Waals surface area contributed by atoms with Gasteiger partial charge in [0.25, 0.3) is 0 Å². The number of hydrogen-bond acceptors (Lipinski definition) is 4. The summed E-state index contributed by atoms with van der Waals surface area (Å²) in [6.07, 6.45) is 0.775. The summed E-state index contributed by atoms with van der Waals surface area (Å²) in [5.74, 6) is 0. The van der Waals surface area contributed by atoms with E-state index in [0.29, 0.717) is 17.6 Å². The second-order valence-corrected chi connectivity index (χ2v) is 5.27. The average molecular weight is 259 g/mol. The van der Waals surface area contributed by atoms with E-state index in [2.05, 4.69) is 29.8 Å². The lowest BCUT2D eigenvalue weighted by Crippen LogP contribution is -2.56. The van der Waals surface area contributed by atoms with Crippen LogP contribution in [0.4, 0.5) is 5.69 Å². The van der Waals surface area contributed by atoms with Gasteiger partial charge in [0.1, 0.15) is 0 Å². The minimum absolute atomic E-state index is 0.208. The number of piperazine rings is 1. The molecule has 19 heavy (non-hydrogen) atoms. The second kappa shape index (κ2) is 6.05. The van der Waals surface area contributed by atoms with E-state index in [4.69, 9.17) is 5.26 Å². The Morgan fingerprint density at radius 2 is 2.00 bits per heavy atom. The number of nitrogens with zero attached hydrogens (tertiary/aromatic N) is 3. The van der Waals surface area contributed by atoms with E-state index in [1.54, 1.807) is 0 Å². The van der Waals surface area contributed by atoms with Crippen LogP contribution in [-0.4, -0.2) is 48.8 Å². The van der Waals surface area contributed by atoms with Crippen molar-refractivity contribution >= 4 is 5.69 Å². The fourth-order valence-corrected chi connectivity index (χ4v) is 2.62. The highest BCUT2D eigenvalue weighted by Crippen LogP contribution is 2.24. The zero-order valence-corrected chi connectivity index (χ0v) is 11.6. The van der Waals surface area contributed by atoms with Crippen molar-refractivity contribution < 1.29 is 5.11 Å². The smallest absolute Gasteiger partial charge is 0.0991 e. The molecule has 1 heterocycles. The molecule has 102 valence electrons. The maximum Gasteiger partial charge on any atom is 0.0991 e. The van der Waals surface area contributed by atoms with Crippen LogP contribution in [0.2, 0.25) is 0 Å². The van der Waals surface area contributed by atoms with Crippen LogP contribution in [0.15, 0.2) is 24.3 Å². The van der Waals surface area contributed by atoms with Crippen molar-refractivity contribution in [2.24, 2.45) is 0 Å². The standard InChI is InChI=1S/C15H21N3O/c1-12-10-18(15(7-8-19)11-17(12)2)14-5-3-13(9-16)4-6-14/h3-6,12,15,19H,7-8,10-11H2,1-2H3. The molecular weight excluding hydrogens is 238 g/mol. The van der Waals surface area contributed by atoms with E-state index in [0.717, 1.165) is 25.2 Å². The normalized spacial score (nSPS) is 24.2. The summed E-state index contributed by atoms with van der Waals surface area (Å²) < 4.78 is 0. The Bertz CT molecular complexity index is 451. The molecule has 1 fully saturated rings. The minimum atomic E-state index is 0.208. The van der Waals surface area contributed by atoms with E-state index in [1.807, 2.05) is 24.3 Å². The molecule has 2 rings (SSSR count). The Kier molecular flexibility index (Phi) is 4.41. The van der Waals surface area contributed by atoms with Gasteiger partial charge < -0.3 is 10.0 Å². The van der Waals surface area contributed by atoms with Gasteiger partial charge in [-0.05, 0) is 44.7 Å². The molecular formula is C15H21N3O. The first-order valence-electron chi connectivity index (χ1n) is 6.73. The van der Waals surface area contributed by atoms with Gasteiger partial charge in [0.2, 0.25) is 0 Å². The molecule has 0 aromatic heterocycles. The molecule has 4 nitrogen and oxygen atoms in total. The van der Waals surface area contributed by atoms with Gasteiger partial charge in [-0.1, -0.05) is 0 Å². The number of hydrogen-bond donors (Lipinski definition) is 1. The molecule has 0 aliphatic carbocycles. The van der Waals surface area contributed by atoms with E-state index in [-0.39, 0.29) is 6.61 Å². The molecule has 1 aliphatic rings. The lowest BCUT2D eigenvalue weighted by molar-refractivity contribution is 0.177. The lowest BCUT2D eigenvalue weighted by atomic mass is 10.0. The van der Waals surface area contributed by atoms with Crippen LogP contribution < -0.4 is 4.90 Å². The van der Waals surface area contributed by atoms with Crippen LogP contribution >= 0.6 is 0 Å². The molecule has 4 heteroatoms. The first-order valence-corrected chi connectivity index (χ1v) is 6.73. The van der Waals surface area contributed by atoms with Crippen molar-refractivity contribution in [3.63, 3.8) is 0 Å². The van der Waals surface area contributed by atoms with Gasteiger partial charge in [-0.15, -0.1) is 0 Å². The van der Waals surface area contributed by atoms with Gasteiger partial charge in [-0.2, -0.15) is 5.26 Å². The lowest BCUT2D eigenvalue weighted by Gasteiger charge is -2.45. The fourth-order valence-electron chi connectivity index (χ4n) is 2.62. The molecule has 1 aliphatic heterocycles.